The lowest BCUT2D eigenvalue weighted by molar-refractivity contribution is 0.123. The van der Waals surface area contributed by atoms with Gasteiger partial charge in [0, 0.05) is 32.3 Å². The van der Waals surface area contributed by atoms with Gasteiger partial charge in [-0.2, -0.15) is 4.31 Å². The van der Waals surface area contributed by atoms with Gasteiger partial charge in [-0.25, -0.2) is 8.42 Å². The molecule has 6 heteroatoms. The van der Waals surface area contributed by atoms with E-state index in [1.807, 2.05) is 0 Å². The molecule has 18 heavy (non-hydrogen) atoms. The molecule has 0 bridgehead atoms. The summed E-state index contributed by atoms with van der Waals surface area (Å²) in [6.45, 7) is 4.11. The van der Waals surface area contributed by atoms with Crippen LogP contribution < -0.4 is 0 Å². The first-order valence-electron chi connectivity index (χ1n) is 6.99. The van der Waals surface area contributed by atoms with E-state index in [2.05, 4.69) is 4.90 Å². The number of piperazine rings is 1. The Hall–Kier alpha value is -0.170. The summed E-state index contributed by atoms with van der Waals surface area (Å²) in [6.07, 6.45) is 4.17. The molecule has 0 unspecified atom stereocenters. The third-order valence-corrected chi connectivity index (χ3v) is 6.28. The Bertz CT molecular complexity index is 392. The highest BCUT2D eigenvalue weighted by molar-refractivity contribution is 7.89. The predicted octanol–water partition coefficient (Wildman–Crippen LogP) is 0.275. The van der Waals surface area contributed by atoms with Gasteiger partial charge in [-0.05, 0) is 32.2 Å². The van der Waals surface area contributed by atoms with E-state index in [-0.39, 0.29) is 11.9 Å². The number of hydrogen-bond acceptors (Lipinski definition) is 4. The summed E-state index contributed by atoms with van der Waals surface area (Å²) in [5.74, 6) is 0.180. The largest absolute Gasteiger partial charge is 0.377 e. The molecular formula is C12H22N2O3S. The molecule has 0 radical (unpaired) electrons. The molecular weight excluding hydrogens is 252 g/mol. The van der Waals surface area contributed by atoms with Crippen molar-refractivity contribution in [1.82, 2.24) is 9.21 Å². The molecule has 3 saturated heterocycles. The number of ether oxygens (including phenoxy) is 1. The zero-order valence-corrected chi connectivity index (χ0v) is 11.6. The highest BCUT2D eigenvalue weighted by Gasteiger charge is 2.36. The Morgan fingerprint density at radius 1 is 1.11 bits per heavy atom. The van der Waals surface area contributed by atoms with Gasteiger partial charge in [0.2, 0.25) is 10.0 Å². The van der Waals surface area contributed by atoms with Crippen LogP contribution in [0.5, 0.6) is 0 Å². The summed E-state index contributed by atoms with van der Waals surface area (Å²) >= 11 is 0. The van der Waals surface area contributed by atoms with Crippen molar-refractivity contribution in [2.45, 2.75) is 37.8 Å². The van der Waals surface area contributed by atoms with Crippen LogP contribution in [0, 0.1) is 0 Å². The molecule has 0 aromatic rings. The second-order valence-electron chi connectivity index (χ2n) is 5.60. The summed E-state index contributed by atoms with van der Waals surface area (Å²) in [7, 11) is -3.12. The normalized spacial score (nSPS) is 34.9. The average molecular weight is 274 g/mol. The Labute approximate surface area is 109 Å². The fourth-order valence-corrected chi connectivity index (χ4v) is 5.03. The second kappa shape index (κ2) is 5.07. The zero-order valence-electron chi connectivity index (χ0n) is 10.8. The van der Waals surface area contributed by atoms with Crippen LogP contribution in [0.1, 0.15) is 25.7 Å². The summed E-state index contributed by atoms with van der Waals surface area (Å²) in [5, 5.41) is 0. The van der Waals surface area contributed by atoms with Crippen molar-refractivity contribution in [2.24, 2.45) is 0 Å². The minimum atomic E-state index is -3.12. The first-order chi connectivity index (χ1) is 8.65. The summed E-state index contributed by atoms with van der Waals surface area (Å²) in [4.78, 5) is 2.43. The van der Waals surface area contributed by atoms with Gasteiger partial charge < -0.3 is 4.74 Å². The van der Waals surface area contributed by atoms with Crippen LogP contribution in [-0.4, -0.2) is 68.3 Å². The number of nitrogens with zero attached hydrogens (tertiary/aromatic N) is 2. The highest BCUT2D eigenvalue weighted by Crippen LogP contribution is 2.24. The number of rotatable bonds is 3. The molecule has 104 valence electrons. The molecule has 2 atom stereocenters. The fraction of sp³-hybridized carbons (Fsp3) is 1.00. The SMILES string of the molecule is O=S(=O)(C[C@@H]1CCCO1)N1CCN2CCC[C@@H]2C1. The number of fused-ring (bicyclic) bond motifs is 1. The van der Waals surface area contributed by atoms with E-state index in [1.165, 1.54) is 6.42 Å². The molecule has 0 saturated carbocycles. The molecule has 3 rings (SSSR count). The van der Waals surface area contributed by atoms with Gasteiger partial charge in [-0.3, -0.25) is 4.90 Å². The standard InChI is InChI=1S/C12H22N2O3S/c15-18(16,10-12-4-2-8-17-12)14-7-6-13-5-1-3-11(13)9-14/h11-12H,1-10H2/t11-,12+/m1/s1. The van der Waals surface area contributed by atoms with Crippen molar-refractivity contribution in [1.29, 1.82) is 0 Å². The van der Waals surface area contributed by atoms with Crippen LogP contribution in [-0.2, 0) is 14.8 Å². The van der Waals surface area contributed by atoms with E-state index in [4.69, 9.17) is 4.74 Å². The van der Waals surface area contributed by atoms with Gasteiger partial charge in [0.1, 0.15) is 0 Å². The summed E-state index contributed by atoms with van der Waals surface area (Å²) < 4.78 is 31.9. The molecule has 3 aliphatic heterocycles. The van der Waals surface area contributed by atoms with Crippen molar-refractivity contribution in [3.63, 3.8) is 0 Å². The van der Waals surface area contributed by atoms with Crippen molar-refractivity contribution in [3.8, 4) is 0 Å². The monoisotopic (exact) mass is 274 g/mol. The third-order valence-electron chi connectivity index (χ3n) is 4.36. The van der Waals surface area contributed by atoms with Gasteiger partial charge in [0.25, 0.3) is 0 Å². The molecule has 3 heterocycles. The fourth-order valence-electron chi connectivity index (χ4n) is 3.33. The molecule has 0 aromatic heterocycles. The Kier molecular flexibility index (Phi) is 3.62. The number of hydrogen-bond donors (Lipinski definition) is 0. The highest BCUT2D eigenvalue weighted by atomic mass is 32.2. The van der Waals surface area contributed by atoms with Crippen molar-refractivity contribution in [3.05, 3.63) is 0 Å². The number of sulfonamides is 1. The first-order valence-corrected chi connectivity index (χ1v) is 8.59. The summed E-state index contributed by atoms with van der Waals surface area (Å²) in [5.41, 5.74) is 0. The molecule has 5 nitrogen and oxygen atoms in total. The van der Waals surface area contributed by atoms with Crippen LogP contribution >= 0.6 is 0 Å². The minimum Gasteiger partial charge on any atom is -0.377 e. The van der Waals surface area contributed by atoms with Gasteiger partial charge in [-0.1, -0.05) is 0 Å². The molecule has 0 aromatic carbocycles. The lowest BCUT2D eigenvalue weighted by atomic mass is 10.2. The van der Waals surface area contributed by atoms with Gasteiger partial charge in [-0.15, -0.1) is 0 Å². The van der Waals surface area contributed by atoms with Crippen LogP contribution in [0.3, 0.4) is 0 Å². The van der Waals surface area contributed by atoms with Crippen LogP contribution in [0.4, 0.5) is 0 Å². The Morgan fingerprint density at radius 2 is 2.00 bits per heavy atom. The maximum atomic E-state index is 12.4. The molecule has 0 aliphatic carbocycles. The third kappa shape index (κ3) is 2.57. The average Bonchev–Trinajstić information content (AvgIpc) is 2.97. The van der Waals surface area contributed by atoms with E-state index in [9.17, 15) is 8.42 Å². The van der Waals surface area contributed by atoms with E-state index in [0.717, 1.165) is 39.0 Å². The Balaban J connectivity index is 1.62. The van der Waals surface area contributed by atoms with E-state index >= 15 is 0 Å². The predicted molar refractivity (Wildman–Crippen MR) is 68.9 cm³/mol. The van der Waals surface area contributed by atoms with Gasteiger partial charge in [0.05, 0.1) is 11.9 Å². The first kappa shape index (κ1) is 12.8. The second-order valence-corrected chi connectivity index (χ2v) is 7.62. The minimum absolute atomic E-state index is 0.0726. The smallest absolute Gasteiger partial charge is 0.216 e. The molecule has 0 amide bonds. The quantitative estimate of drug-likeness (QED) is 0.741. The molecule has 0 N–H and O–H groups in total. The molecule has 0 spiro atoms. The summed E-state index contributed by atoms with van der Waals surface area (Å²) in [6, 6.07) is 0.457. The maximum absolute atomic E-state index is 12.4. The molecule has 3 fully saturated rings. The van der Waals surface area contributed by atoms with Crippen LogP contribution in [0.15, 0.2) is 0 Å². The van der Waals surface area contributed by atoms with Crippen LogP contribution in [0.25, 0.3) is 0 Å². The lowest BCUT2D eigenvalue weighted by Gasteiger charge is -2.37. The van der Waals surface area contributed by atoms with E-state index < -0.39 is 10.0 Å². The van der Waals surface area contributed by atoms with Gasteiger partial charge >= 0.3 is 0 Å². The maximum Gasteiger partial charge on any atom is 0.216 e. The molecule has 3 aliphatic rings. The Morgan fingerprint density at radius 3 is 2.78 bits per heavy atom. The van der Waals surface area contributed by atoms with Crippen molar-refractivity contribution in [2.75, 3.05) is 38.5 Å². The van der Waals surface area contributed by atoms with Crippen molar-refractivity contribution < 1.29 is 13.2 Å². The van der Waals surface area contributed by atoms with E-state index in [1.54, 1.807) is 4.31 Å². The topological polar surface area (TPSA) is 49.9 Å². The lowest BCUT2D eigenvalue weighted by Crippen LogP contribution is -2.53. The zero-order chi connectivity index (χ0) is 12.6. The van der Waals surface area contributed by atoms with Crippen LogP contribution in [0.2, 0.25) is 0 Å². The van der Waals surface area contributed by atoms with E-state index in [0.29, 0.717) is 19.1 Å². The van der Waals surface area contributed by atoms with Gasteiger partial charge in [0.15, 0.2) is 0 Å². The van der Waals surface area contributed by atoms with Crippen molar-refractivity contribution >= 4 is 10.0 Å².